The van der Waals surface area contributed by atoms with Crippen LogP contribution in [-0.2, 0) is 6.54 Å². The highest BCUT2D eigenvalue weighted by molar-refractivity contribution is 5.57. The van der Waals surface area contributed by atoms with Gasteiger partial charge in [-0.25, -0.2) is 0 Å². The van der Waals surface area contributed by atoms with Crippen molar-refractivity contribution in [2.24, 2.45) is 5.41 Å². The summed E-state index contributed by atoms with van der Waals surface area (Å²) >= 11 is 0. The van der Waals surface area contributed by atoms with E-state index < -0.39 is 0 Å². The Labute approximate surface area is 110 Å². The number of nitrogens with two attached hydrogens (primary N) is 1. The van der Waals surface area contributed by atoms with E-state index in [9.17, 15) is 0 Å². The standard InChI is InChI=1S/C15H23N3/c1-11-12(2)18(14(17)13(11)9-16)10-15(3)7-5-4-6-8-15/h4-8,10,17H2,1-3H3. The van der Waals surface area contributed by atoms with Crippen LogP contribution >= 0.6 is 0 Å². The van der Waals surface area contributed by atoms with Crippen LogP contribution in [0.4, 0.5) is 5.82 Å². The molecule has 1 aromatic heterocycles. The third kappa shape index (κ3) is 2.12. The first-order chi connectivity index (χ1) is 8.48. The highest BCUT2D eigenvalue weighted by Gasteiger charge is 2.29. The molecular weight excluding hydrogens is 222 g/mol. The molecule has 0 radical (unpaired) electrons. The van der Waals surface area contributed by atoms with Gasteiger partial charge in [0.2, 0.25) is 0 Å². The van der Waals surface area contributed by atoms with E-state index >= 15 is 0 Å². The average molecular weight is 245 g/mol. The van der Waals surface area contributed by atoms with E-state index in [-0.39, 0.29) is 0 Å². The Morgan fingerprint density at radius 2 is 1.89 bits per heavy atom. The number of nitriles is 1. The number of rotatable bonds is 2. The zero-order valence-electron chi connectivity index (χ0n) is 11.7. The molecule has 0 aliphatic heterocycles. The Bertz CT molecular complexity index is 485. The maximum atomic E-state index is 9.16. The lowest BCUT2D eigenvalue weighted by Crippen LogP contribution is -2.27. The summed E-state index contributed by atoms with van der Waals surface area (Å²) < 4.78 is 2.15. The lowest BCUT2D eigenvalue weighted by Gasteiger charge is -2.34. The molecule has 0 spiro atoms. The molecule has 3 nitrogen and oxygen atoms in total. The minimum absolute atomic E-state index is 0.343. The molecule has 1 aliphatic rings. The summed E-state index contributed by atoms with van der Waals surface area (Å²) in [5.74, 6) is 0.652. The van der Waals surface area contributed by atoms with Crippen LogP contribution in [0, 0.1) is 30.6 Å². The largest absolute Gasteiger partial charge is 0.384 e. The van der Waals surface area contributed by atoms with Crippen LogP contribution in [0.15, 0.2) is 0 Å². The molecule has 2 rings (SSSR count). The maximum absolute atomic E-state index is 9.16. The van der Waals surface area contributed by atoms with Gasteiger partial charge in [0.1, 0.15) is 11.9 Å². The fourth-order valence-electron chi connectivity index (χ4n) is 3.18. The van der Waals surface area contributed by atoms with Crippen LogP contribution in [0.5, 0.6) is 0 Å². The van der Waals surface area contributed by atoms with Crippen molar-refractivity contribution in [3.05, 3.63) is 16.8 Å². The molecule has 98 valence electrons. The van der Waals surface area contributed by atoms with Gasteiger partial charge in [-0.2, -0.15) is 5.26 Å². The number of hydrogen-bond donors (Lipinski definition) is 1. The number of aromatic nitrogens is 1. The van der Waals surface area contributed by atoms with E-state index in [1.54, 1.807) is 0 Å². The highest BCUT2D eigenvalue weighted by Crippen LogP contribution is 2.39. The van der Waals surface area contributed by atoms with Crippen molar-refractivity contribution in [1.82, 2.24) is 4.57 Å². The predicted molar refractivity (Wildman–Crippen MR) is 74.2 cm³/mol. The summed E-state index contributed by atoms with van der Waals surface area (Å²) in [7, 11) is 0. The zero-order chi connectivity index (χ0) is 13.3. The molecule has 0 atom stereocenters. The Kier molecular flexibility index (Phi) is 3.38. The van der Waals surface area contributed by atoms with Crippen LogP contribution in [0.2, 0.25) is 0 Å². The molecule has 3 heteroatoms. The van der Waals surface area contributed by atoms with Gasteiger partial charge in [0.15, 0.2) is 0 Å². The van der Waals surface area contributed by atoms with Crippen LogP contribution in [-0.4, -0.2) is 4.57 Å². The van der Waals surface area contributed by atoms with Crippen molar-refractivity contribution in [2.75, 3.05) is 5.73 Å². The lowest BCUT2D eigenvalue weighted by molar-refractivity contribution is 0.183. The fraction of sp³-hybridized carbons (Fsp3) is 0.667. The first-order valence-corrected chi connectivity index (χ1v) is 6.84. The van der Waals surface area contributed by atoms with E-state index in [1.807, 2.05) is 6.92 Å². The van der Waals surface area contributed by atoms with Crippen molar-refractivity contribution >= 4 is 5.82 Å². The third-order valence-electron chi connectivity index (χ3n) is 4.58. The molecule has 0 saturated heterocycles. The van der Waals surface area contributed by atoms with Crippen LogP contribution < -0.4 is 5.73 Å². The molecule has 1 fully saturated rings. The summed E-state index contributed by atoms with van der Waals surface area (Å²) in [6.07, 6.45) is 6.54. The summed E-state index contributed by atoms with van der Waals surface area (Å²) in [6.45, 7) is 7.36. The first kappa shape index (κ1) is 13.0. The van der Waals surface area contributed by atoms with Gasteiger partial charge in [-0.3, -0.25) is 0 Å². The molecule has 0 aromatic carbocycles. The van der Waals surface area contributed by atoms with Gasteiger partial charge in [-0.15, -0.1) is 0 Å². The second-order valence-electron chi connectivity index (χ2n) is 6.04. The monoisotopic (exact) mass is 245 g/mol. The Hall–Kier alpha value is -1.43. The Morgan fingerprint density at radius 1 is 1.28 bits per heavy atom. The van der Waals surface area contributed by atoms with Gasteiger partial charge in [0, 0.05) is 12.2 Å². The summed E-state index contributed by atoms with van der Waals surface area (Å²) in [5.41, 5.74) is 9.32. The van der Waals surface area contributed by atoms with Gasteiger partial charge in [-0.05, 0) is 37.7 Å². The van der Waals surface area contributed by atoms with Crippen LogP contribution in [0.25, 0.3) is 0 Å². The second kappa shape index (κ2) is 4.68. The second-order valence-corrected chi connectivity index (χ2v) is 6.04. The summed E-state index contributed by atoms with van der Waals surface area (Å²) in [4.78, 5) is 0. The number of nitrogen functional groups attached to an aromatic ring is 1. The topological polar surface area (TPSA) is 54.7 Å². The SMILES string of the molecule is Cc1c(C#N)c(N)n(CC2(C)CCCCC2)c1C. The Balaban J connectivity index is 2.32. The van der Waals surface area contributed by atoms with Crippen molar-refractivity contribution in [3.8, 4) is 6.07 Å². The van der Waals surface area contributed by atoms with Crippen molar-refractivity contribution in [1.29, 1.82) is 5.26 Å². The number of nitrogens with zero attached hydrogens (tertiary/aromatic N) is 2. The Morgan fingerprint density at radius 3 is 2.39 bits per heavy atom. The molecule has 0 bridgehead atoms. The molecule has 0 unspecified atom stereocenters. The third-order valence-corrected chi connectivity index (χ3v) is 4.58. The van der Waals surface area contributed by atoms with Crippen molar-refractivity contribution < 1.29 is 0 Å². The molecule has 1 aliphatic carbocycles. The molecule has 1 saturated carbocycles. The van der Waals surface area contributed by atoms with Crippen LogP contribution in [0.1, 0.15) is 55.8 Å². The van der Waals surface area contributed by atoms with Crippen molar-refractivity contribution in [2.45, 2.75) is 59.4 Å². The minimum Gasteiger partial charge on any atom is -0.384 e. The van der Waals surface area contributed by atoms with Gasteiger partial charge >= 0.3 is 0 Å². The summed E-state index contributed by atoms with van der Waals surface area (Å²) in [6, 6.07) is 2.23. The number of hydrogen-bond acceptors (Lipinski definition) is 2. The lowest BCUT2D eigenvalue weighted by atomic mass is 9.75. The molecular formula is C15H23N3. The molecule has 1 aromatic rings. The van der Waals surface area contributed by atoms with Gasteiger partial charge < -0.3 is 10.3 Å². The smallest absolute Gasteiger partial charge is 0.122 e. The van der Waals surface area contributed by atoms with E-state index in [2.05, 4.69) is 24.5 Å². The zero-order valence-corrected chi connectivity index (χ0v) is 11.7. The van der Waals surface area contributed by atoms with Gasteiger partial charge in [-0.1, -0.05) is 26.2 Å². The van der Waals surface area contributed by atoms with Crippen molar-refractivity contribution in [3.63, 3.8) is 0 Å². The average Bonchev–Trinajstić information content (AvgIpc) is 2.54. The first-order valence-electron chi connectivity index (χ1n) is 6.84. The molecule has 0 amide bonds. The van der Waals surface area contributed by atoms with E-state index in [4.69, 9.17) is 11.0 Å². The number of anilines is 1. The van der Waals surface area contributed by atoms with Crippen LogP contribution in [0.3, 0.4) is 0 Å². The highest BCUT2D eigenvalue weighted by atomic mass is 15.1. The minimum atomic E-state index is 0.343. The molecule has 1 heterocycles. The van der Waals surface area contributed by atoms with Gasteiger partial charge in [0.05, 0.1) is 5.56 Å². The molecule has 18 heavy (non-hydrogen) atoms. The van der Waals surface area contributed by atoms with E-state index in [1.165, 1.54) is 32.1 Å². The molecule has 2 N–H and O–H groups in total. The maximum Gasteiger partial charge on any atom is 0.122 e. The normalized spacial score (nSPS) is 18.6. The quantitative estimate of drug-likeness (QED) is 0.866. The van der Waals surface area contributed by atoms with E-state index in [0.717, 1.165) is 17.8 Å². The fourth-order valence-corrected chi connectivity index (χ4v) is 3.18. The summed E-state index contributed by atoms with van der Waals surface area (Å²) in [5, 5.41) is 9.16. The van der Waals surface area contributed by atoms with Gasteiger partial charge in [0.25, 0.3) is 0 Å². The predicted octanol–water partition coefficient (Wildman–Crippen LogP) is 3.53. The van der Waals surface area contributed by atoms with E-state index in [0.29, 0.717) is 16.8 Å².